The van der Waals surface area contributed by atoms with Gasteiger partial charge in [0.25, 0.3) is 0 Å². The number of aryl methyl sites for hydroxylation is 1. The first-order valence-electron chi connectivity index (χ1n) is 4.84. The third kappa shape index (κ3) is 4.31. The Labute approximate surface area is 90.2 Å². The highest BCUT2D eigenvalue weighted by Gasteiger charge is 1.99. The Balaban J connectivity index is 2.44. The van der Waals surface area contributed by atoms with Crippen LogP contribution in [0.25, 0.3) is 0 Å². The third-order valence-corrected chi connectivity index (χ3v) is 1.86. The van der Waals surface area contributed by atoms with Gasteiger partial charge < -0.3 is 10.6 Å². The zero-order valence-corrected chi connectivity index (χ0v) is 9.13. The molecule has 3 heteroatoms. The first kappa shape index (κ1) is 11.3. The molecule has 0 bridgehead atoms. The summed E-state index contributed by atoms with van der Waals surface area (Å²) in [6, 6.07) is 7.44. The molecule has 1 aromatic carbocycles. The molecule has 2 amide bonds. The van der Waals surface area contributed by atoms with Crippen molar-refractivity contribution in [2.24, 2.45) is 0 Å². The van der Waals surface area contributed by atoms with Crippen molar-refractivity contribution in [3.8, 4) is 0 Å². The van der Waals surface area contributed by atoms with E-state index in [1.807, 2.05) is 38.1 Å². The minimum atomic E-state index is -0.207. The molecule has 15 heavy (non-hydrogen) atoms. The van der Waals surface area contributed by atoms with Crippen LogP contribution in [0.1, 0.15) is 12.5 Å². The van der Waals surface area contributed by atoms with E-state index in [0.29, 0.717) is 6.54 Å². The van der Waals surface area contributed by atoms with Crippen LogP contribution in [-0.2, 0) is 0 Å². The van der Waals surface area contributed by atoms with Crippen LogP contribution in [0.15, 0.2) is 36.4 Å². The lowest BCUT2D eigenvalue weighted by Crippen LogP contribution is -2.29. The molecule has 80 valence electrons. The van der Waals surface area contributed by atoms with Gasteiger partial charge in [-0.3, -0.25) is 0 Å². The number of carbonyl (C=O) groups is 1. The number of urea groups is 1. The van der Waals surface area contributed by atoms with Gasteiger partial charge in [-0.05, 0) is 26.0 Å². The first-order valence-corrected chi connectivity index (χ1v) is 4.84. The van der Waals surface area contributed by atoms with E-state index in [9.17, 15) is 4.79 Å². The Hall–Kier alpha value is -1.77. The van der Waals surface area contributed by atoms with E-state index in [1.165, 1.54) is 5.56 Å². The lowest BCUT2D eigenvalue weighted by Gasteiger charge is -2.07. The normalized spacial score (nSPS) is 9.47. The molecule has 0 atom stereocenters. The summed E-state index contributed by atoms with van der Waals surface area (Å²) in [5.41, 5.74) is 2.89. The molecular weight excluding hydrogens is 188 g/mol. The van der Waals surface area contributed by atoms with Crippen LogP contribution in [0.4, 0.5) is 10.5 Å². The fourth-order valence-corrected chi connectivity index (χ4v) is 1.04. The van der Waals surface area contributed by atoms with Gasteiger partial charge in [0.05, 0.1) is 0 Å². The third-order valence-electron chi connectivity index (χ3n) is 1.86. The number of nitrogens with one attached hydrogen (secondary N) is 2. The van der Waals surface area contributed by atoms with Crippen molar-refractivity contribution in [2.75, 3.05) is 11.9 Å². The molecule has 0 radical (unpaired) electrons. The molecular formula is C12H16N2O. The second kappa shape index (κ2) is 5.20. The van der Waals surface area contributed by atoms with Crippen molar-refractivity contribution in [1.82, 2.24) is 5.32 Å². The van der Waals surface area contributed by atoms with Crippen LogP contribution in [0, 0.1) is 6.92 Å². The van der Waals surface area contributed by atoms with Crippen LogP contribution >= 0.6 is 0 Å². The van der Waals surface area contributed by atoms with Crippen molar-refractivity contribution in [3.05, 3.63) is 42.0 Å². The maximum absolute atomic E-state index is 11.3. The molecule has 0 unspecified atom stereocenters. The summed E-state index contributed by atoms with van der Waals surface area (Å²) in [5.74, 6) is 0. The Morgan fingerprint density at radius 2 is 1.93 bits per heavy atom. The zero-order valence-electron chi connectivity index (χ0n) is 9.13. The van der Waals surface area contributed by atoms with Crippen molar-refractivity contribution >= 4 is 11.7 Å². The van der Waals surface area contributed by atoms with E-state index >= 15 is 0 Å². The minimum Gasteiger partial charge on any atom is -0.334 e. The molecule has 1 rings (SSSR count). The number of carbonyl (C=O) groups excluding carboxylic acids is 1. The van der Waals surface area contributed by atoms with Crippen LogP contribution in [0.5, 0.6) is 0 Å². The van der Waals surface area contributed by atoms with Crippen molar-refractivity contribution in [3.63, 3.8) is 0 Å². The summed E-state index contributed by atoms with van der Waals surface area (Å²) < 4.78 is 0. The molecule has 0 heterocycles. The average Bonchev–Trinajstić information content (AvgIpc) is 2.19. The number of benzene rings is 1. The highest BCUT2D eigenvalue weighted by Crippen LogP contribution is 2.07. The van der Waals surface area contributed by atoms with Crippen molar-refractivity contribution in [2.45, 2.75) is 13.8 Å². The largest absolute Gasteiger partial charge is 0.334 e. The van der Waals surface area contributed by atoms with E-state index in [2.05, 4.69) is 17.2 Å². The standard InChI is InChI=1S/C12H16N2O/c1-9(2)8-13-12(15)14-11-6-4-10(3)5-7-11/h4-7H,1,8H2,2-3H3,(H2,13,14,15). The smallest absolute Gasteiger partial charge is 0.319 e. The maximum atomic E-state index is 11.3. The highest BCUT2D eigenvalue weighted by atomic mass is 16.2. The Morgan fingerprint density at radius 3 is 2.47 bits per heavy atom. The molecule has 0 aliphatic heterocycles. The van der Waals surface area contributed by atoms with Crippen molar-refractivity contribution < 1.29 is 4.79 Å². The van der Waals surface area contributed by atoms with Gasteiger partial charge in [0.2, 0.25) is 0 Å². The van der Waals surface area contributed by atoms with Crippen molar-refractivity contribution in [1.29, 1.82) is 0 Å². The molecule has 2 N–H and O–H groups in total. The number of anilines is 1. The van der Waals surface area contributed by atoms with Gasteiger partial charge in [-0.15, -0.1) is 0 Å². The van der Waals surface area contributed by atoms with Crippen LogP contribution in [0.3, 0.4) is 0 Å². The van der Waals surface area contributed by atoms with E-state index in [1.54, 1.807) is 0 Å². The molecule has 0 aliphatic rings. The lowest BCUT2D eigenvalue weighted by molar-refractivity contribution is 0.253. The van der Waals surface area contributed by atoms with Crippen LogP contribution < -0.4 is 10.6 Å². The van der Waals surface area contributed by atoms with E-state index in [0.717, 1.165) is 11.3 Å². The topological polar surface area (TPSA) is 41.1 Å². The van der Waals surface area contributed by atoms with Gasteiger partial charge in [-0.1, -0.05) is 29.8 Å². The minimum absolute atomic E-state index is 0.207. The fourth-order valence-electron chi connectivity index (χ4n) is 1.04. The predicted molar refractivity (Wildman–Crippen MR) is 63.0 cm³/mol. The number of hydrogen-bond acceptors (Lipinski definition) is 1. The van der Waals surface area contributed by atoms with Gasteiger partial charge in [-0.2, -0.15) is 0 Å². The van der Waals surface area contributed by atoms with Crippen LogP contribution in [-0.4, -0.2) is 12.6 Å². The molecule has 0 saturated heterocycles. The summed E-state index contributed by atoms with van der Waals surface area (Å²) in [5, 5.41) is 5.43. The number of hydrogen-bond donors (Lipinski definition) is 2. The second-order valence-corrected chi connectivity index (χ2v) is 3.63. The van der Waals surface area contributed by atoms with Gasteiger partial charge in [0, 0.05) is 12.2 Å². The SMILES string of the molecule is C=C(C)CNC(=O)Nc1ccc(C)cc1. The van der Waals surface area contributed by atoms with Gasteiger partial charge in [-0.25, -0.2) is 4.79 Å². The molecule has 1 aromatic rings. The second-order valence-electron chi connectivity index (χ2n) is 3.63. The van der Waals surface area contributed by atoms with E-state index in [-0.39, 0.29) is 6.03 Å². The van der Waals surface area contributed by atoms with E-state index < -0.39 is 0 Å². The molecule has 0 aliphatic carbocycles. The summed E-state index contributed by atoms with van der Waals surface area (Å²) in [6.45, 7) is 8.07. The zero-order chi connectivity index (χ0) is 11.3. The Morgan fingerprint density at radius 1 is 1.33 bits per heavy atom. The van der Waals surface area contributed by atoms with Gasteiger partial charge in [0.15, 0.2) is 0 Å². The number of rotatable bonds is 3. The molecule has 3 nitrogen and oxygen atoms in total. The fraction of sp³-hybridized carbons (Fsp3) is 0.250. The first-order chi connectivity index (χ1) is 7.08. The summed E-state index contributed by atoms with van der Waals surface area (Å²) in [4.78, 5) is 11.3. The molecule has 0 fully saturated rings. The highest BCUT2D eigenvalue weighted by molar-refractivity contribution is 5.89. The lowest BCUT2D eigenvalue weighted by atomic mass is 10.2. The molecule has 0 saturated carbocycles. The van der Waals surface area contributed by atoms with Gasteiger partial charge in [0.1, 0.15) is 0 Å². The Kier molecular flexibility index (Phi) is 3.92. The maximum Gasteiger partial charge on any atom is 0.319 e. The Bertz CT molecular complexity index is 354. The predicted octanol–water partition coefficient (Wildman–Crippen LogP) is 2.69. The monoisotopic (exact) mass is 204 g/mol. The summed E-state index contributed by atoms with van der Waals surface area (Å²) in [6.07, 6.45) is 0. The van der Waals surface area contributed by atoms with Crippen LogP contribution in [0.2, 0.25) is 0 Å². The quantitative estimate of drug-likeness (QED) is 0.730. The molecule has 0 aromatic heterocycles. The number of amides is 2. The summed E-state index contributed by atoms with van der Waals surface area (Å²) >= 11 is 0. The summed E-state index contributed by atoms with van der Waals surface area (Å²) in [7, 11) is 0. The molecule has 0 spiro atoms. The van der Waals surface area contributed by atoms with E-state index in [4.69, 9.17) is 0 Å². The average molecular weight is 204 g/mol. The van der Waals surface area contributed by atoms with Gasteiger partial charge >= 0.3 is 6.03 Å².